The number of rotatable bonds is 5. The number of hydrogen-bond acceptors (Lipinski definition) is 4. The lowest BCUT2D eigenvalue weighted by atomic mass is 10.4. The summed E-state index contributed by atoms with van der Waals surface area (Å²) in [6.45, 7) is 2.71. The van der Waals surface area contributed by atoms with E-state index in [-0.39, 0.29) is 12.0 Å². The van der Waals surface area contributed by atoms with Gasteiger partial charge in [-0.1, -0.05) is 0 Å². The molecule has 0 aromatic carbocycles. The smallest absolute Gasteiger partial charge is 0.307 e. The quantitative estimate of drug-likeness (QED) is 0.452. The zero-order valence-corrected chi connectivity index (χ0v) is 7.00. The molecule has 0 aromatic heterocycles. The number of carbonyl (C=O) groups excluding carboxylic acids is 1. The Kier molecular flexibility index (Phi) is 5.78. The predicted molar refractivity (Wildman–Crippen MR) is 41.1 cm³/mol. The highest BCUT2D eigenvalue weighted by atomic mass is 16.5. The SMILES string of the molecule is COC(=O)CCOCC(C)N. The second kappa shape index (κ2) is 6.12. The third kappa shape index (κ3) is 7.29. The van der Waals surface area contributed by atoms with Gasteiger partial charge in [-0.3, -0.25) is 4.79 Å². The zero-order valence-electron chi connectivity index (χ0n) is 7.00. The van der Waals surface area contributed by atoms with Crippen LogP contribution in [0.2, 0.25) is 0 Å². The number of hydrogen-bond donors (Lipinski definition) is 1. The minimum absolute atomic E-state index is 0.0210. The first-order valence-electron chi connectivity index (χ1n) is 3.57. The lowest BCUT2D eigenvalue weighted by Crippen LogP contribution is -2.22. The second-order valence-corrected chi connectivity index (χ2v) is 2.38. The Labute approximate surface area is 66.7 Å². The highest BCUT2D eigenvalue weighted by molar-refractivity contribution is 5.69. The minimum atomic E-state index is -0.255. The molecule has 0 bridgehead atoms. The molecule has 0 aromatic rings. The molecule has 1 atom stereocenters. The van der Waals surface area contributed by atoms with Crippen molar-refractivity contribution < 1.29 is 14.3 Å². The summed E-state index contributed by atoms with van der Waals surface area (Å²) in [4.78, 5) is 10.5. The van der Waals surface area contributed by atoms with E-state index in [1.165, 1.54) is 7.11 Å². The Bertz CT molecular complexity index is 114. The molecule has 0 radical (unpaired) electrons. The number of ether oxygens (including phenoxy) is 2. The standard InChI is InChI=1S/C7H15NO3/c1-6(8)5-11-4-3-7(9)10-2/h6H,3-5,8H2,1-2H3. The molecule has 0 saturated carbocycles. The number of nitrogens with two attached hydrogens (primary N) is 1. The van der Waals surface area contributed by atoms with Crippen LogP contribution in [0.3, 0.4) is 0 Å². The molecule has 0 rings (SSSR count). The highest BCUT2D eigenvalue weighted by Crippen LogP contribution is 1.87. The van der Waals surface area contributed by atoms with Crippen molar-refractivity contribution in [3.8, 4) is 0 Å². The second-order valence-electron chi connectivity index (χ2n) is 2.38. The number of methoxy groups -OCH3 is 1. The lowest BCUT2D eigenvalue weighted by molar-refractivity contribution is -0.141. The van der Waals surface area contributed by atoms with Crippen molar-refractivity contribution in [1.29, 1.82) is 0 Å². The van der Waals surface area contributed by atoms with Gasteiger partial charge >= 0.3 is 5.97 Å². The molecule has 0 saturated heterocycles. The summed E-state index contributed by atoms with van der Waals surface area (Å²) in [5.41, 5.74) is 5.40. The van der Waals surface area contributed by atoms with Gasteiger partial charge in [0, 0.05) is 6.04 Å². The molecule has 0 amide bonds. The molecule has 0 spiro atoms. The van der Waals surface area contributed by atoms with Crippen LogP contribution in [0.15, 0.2) is 0 Å². The van der Waals surface area contributed by atoms with Crippen LogP contribution < -0.4 is 5.73 Å². The third-order valence-electron chi connectivity index (χ3n) is 1.06. The van der Waals surface area contributed by atoms with E-state index in [4.69, 9.17) is 10.5 Å². The van der Waals surface area contributed by atoms with Gasteiger partial charge in [-0.25, -0.2) is 0 Å². The zero-order chi connectivity index (χ0) is 8.69. The van der Waals surface area contributed by atoms with Crippen molar-refractivity contribution in [3.05, 3.63) is 0 Å². The first kappa shape index (κ1) is 10.4. The molecule has 0 aliphatic rings. The number of carbonyl (C=O) groups is 1. The van der Waals surface area contributed by atoms with Crippen LogP contribution in [0.4, 0.5) is 0 Å². The topological polar surface area (TPSA) is 61.5 Å². The molecule has 11 heavy (non-hydrogen) atoms. The molecule has 1 unspecified atom stereocenters. The summed E-state index contributed by atoms with van der Waals surface area (Å²) >= 11 is 0. The number of esters is 1. The van der Waals surface area contributed by atoms with Crippen LogP contribution in [0.5, 0.6) is 0 Å². The summed E-state index contributed by atoms with van der Waals surface area (Å²) in [5, 5.41) is 0. The fourth-order valence-corrected chi connectivity index (χ4v) is 0.527. The molecule has 0 aliphatic carbocycles. The van der Waals surface area contributed by atoms with Crippen molar-refractivity contribution in [2.24, 2.45) is 5.73 Å². The van der Waals surface area contributed by atoms with Gasteiger partial charge in [0.15, 0.2) is 0 Å². The molecule has 4 nitrogen and oxygen atoms in total. The molecule has 2 N–H and O–H groups in total. The van der Waals surface area contributed by atoms with E-state index in [0.717, 1.165) is 0 Å². The fraction of sp³-hybridized carbons (Fsp3) is 0.857. The largest absolute Gasteiger partial charge is 0.469 e. The van der Waals surface area contributed by atoms with Gasteiger partial charge in [0.1, 0.15) is 0 Å². The van der Waals surface area contributed by atoms with E-state index in [0.29, 0.717) is 19.6 Å². The van der Waals surface area contributed by atoms with Crippen molar-refractivity contribution >= 4 is 5.97 Å². The molecule has 0 heterocycles. The highest BCUT2D eigenvalue weighted by Gasteiger charge is 1.99. The monoisotopic (exact) mass is 161 g/mol. The van der Waals surface area contributed by atoms with Gasteiger partial charge in [0.05, 0.1) is 26.7 Å². The molecule has 66 valence electrons. The van der Waals surface area contributed by atoms with Gasteiger partial charge in [-0.05, 0) is 6.92 Å². The maximum Gasteiger partial charge on any atom is 0.307 e. The molecule has 0 fully saturated rings. The lowest BCUT2D eigenvalue weighted by Gasteiger charge is -2.05. The molecule has 0 aliphatic heterocycles. The van der Waals surface area contributed by atoms with Crippen LogP contribution in [-0.4, -0.2) is 32.3 Å². The third-order valence-corrected chi connectivity index (χ3v) is 1.06. The van der Waals surface area contributed by atoms with Gasteiger partial charge in [-0.2, -0.15) is 0 Å². The average Bonchev–Trinajstić information content (AvgIpc) is 1.97. The molecular formula is C7H15NO3. The van der Waals surface area contributed by atoms with Crippen molar-refractivity contribution in [2.45, 2.75) is 19.4 Å². The fourth-order valence-electron chi connectivity index (χ4n) is 0.527. The first-order chi connectivity index (χ1) is 5.16. The maximum atomic E-state index is 10.5. The van der Waals surface area contributed by atoms with E-state index >= 15 is 0 Å². The van der Waals surface area contributed by atoms with E-state index in [1.54, 1.807) is 0 Å². The van der Waals surface area contributed by atoms with Crippen molar-refractivity contribution in [2.75, 3.05) is 20.3 Å². The van der Waals surface area contributed by atoms with E-state index in [9.17, 15) is 4.79 Å². The molecule has 4 heteroatoms. The van der Waals surface area contributed by atoms with Gasteiger partial charge in [0.2, 0.25) is 0 Å². The Morgan fingerprint density at radius 3 is 2.73 bits per heavy atom. The normalized spacial score (nSPS) is 12.6. The summed E-state index contributed by atoms with van der Waals surface area (Å²) < 4.78 is 9.45. The first-order valence-corrected chi connectivity index (χ1v) is 3.57. The van der Waals surface area contributed by atoms with E-state index < -0.39 is 0 Å². The van der Waals surface area contributed by atoms with E-state index in [1.807, 2.05) is 6.92 Å². The van der Waals surface area contributed by atoms with Gasteiger partial charge < -0.3 is 15.2 Å². The Morgan fingerprint density at radius 1 is 1.64 bits per heavy atom. The summed E-state index contributed by atoms with van der Waals surface area (Å²) in [7, 11) is 1.36. The summed E-state index contributed by atoms with van der Waals surface area (Å²) in [5.74, 6) is -0.255. The van der Waals surface area contributed by atoms with Gasteiger partial charge in [-0.15, -0.1) is 0 Å². The van der Waals surface area contributed by atoms with Crippen LogP contribution >= 0.6 is 0 Å². The predicted octanol–water partition coefficient (Wildman–Crippen LogP) is -0.0867. The van der Waals surface area contributed by atoms with Crippen LogP contribution in [0.25, 0.3) is 0 Å². The Hall–Kier alpha value is -0.610. The van der Waals surface area contributed by atoms with Crippen molar-refractivity contribution in [3.63, 3.8) is 0 Å². The van der Waals surface area contributed by atoms with Crippen LogP contribution in [0, 0.1) is 0 Å². The van der Waals surface area contributed by atoms with Gasteiger partial charge in [0.25, 0.3) is 0 Å². The minimum Gasteiger partial charge on any atom is -0.469 e. The molecular weight excluding hydrogens is 146 g/mol. The summed E-state index contributed by atoms with van der Waals surface area (Å²) in [6, 6.07) is 0.0210. The van der Waals surface area contributed by atoms with Crippen LogP contribution in [-0.2, 0) is 14.3 Å². The Balaban J connectivity index is 3.08. The maximum absolute atomic E-state index is 10.5. The van der Waals surface area contributed by atoms with Crippen LogP contribution in [0.1, 0.15) is 13.3 Å². The average molecular weight is 161 g/mol. The van der Waals surface area contributed by atoms with E-state index in [2.05, 4.69) is 4.74 Å². The summed E-state index contributed by atoms with van der Waals surface area (Å²) in [6.07, 6.45) is 0.295. The Morgan fingerprint density at radius 2 is 2.27 bits per heavy atom. The van der Waals surface area contributed by atoms with Crippen molar-refractivity contribution in [1.82, 2.24) is 0 Å².